The molecule has 0 radical (unpaired) electrons. The van der Waals surface area contributed by atoms with Gasteiger partial charge in [0, 0.05) is 4.88 Å². The maximum Gasteiger partial charge on any atom is 0.230 e. The summed E-state index contributed by atoms with van der Waals surface area (Å²) in [5.41, 5.74) is 0. The second-order valence-electron chi connectivity index (χ2n) is 3.54. The zero-order valence-corrected chi connectivity index (χ0v) is 14.6. The van der Waals surface area contributed by atoms with E-state index in [9.17, 15) is 4.79 Å². The highest BCUT2D eigenvalue weighted by molar-refractivity contribution is 8.03. The molecule has 2 aromatic rings. The van der Waals surface area contributed by atoms with Crippen LogP contribution in [0.2, 0.25) is 4.34 Å². The third kappa shape index (κ3) is 5.25. The van der Waals surface area contributed by atoms with E-state index >= 15 is 0 Å². The van der Waals surface area contributed by atoms with Crippen LogP contribution in [0.3, 0.4) is 0 Å². The average Bonchev–Trinajstić information content (AvgIpc) is 3.04. The third-order valence-corrected chi connectivity index (χ3v) is 6.37. The van der Waals surface area contributed by atoms with Crippen LogP contribution in [0.25, 0.3) is 0 Å². The van der Waals surface area contributed by atoms with E-state index in [1.54, 1.807) is 11.8 Å². The standard InChI is InChI=1S/C11H12ClN3OS4/c1-2-17-10-14-15-11(20-10)18-6-9(16)13-5-7-3-4-8(12)19-7/h3-4H,2,5-6H2,1H3,(H,13,16). The summed E-state index contributed by atoms with van der Waals surface area (Å²) >= 11 is 11.9. The summed E-state index contributed by atoms with van der Waals surface area (Å²) in [6.45, 7) is 2.59. The van der Waals surface area contributed by atoms with Crippen LogP contribution in [0.15, 0.2) is 20.8 Å². The van der Waals surface area contributed by atoms with Crippen molar-refractivity contribution in [2.24, 2.45) is 0 Å². The number of thiophene rings is 1. The van der Waals surface area contributed by atoms with Crippen molar-refractivity contribution in [1.29, 1.82) is 0 Å². The number of amides is 1. The Labute approximate surface area is 138 Å². The van der Waals surface area contributed by atoms with Crippen LogP contribution in [0.4, 0.5) is 0 Å². The van der Waals surface area contributed by atoms with Crippen LogP contribution in [-0.4, -0.2) is 27.6 Å². The monoisotopic (exact) mass is 365 g/mol. The van der Waals surface area contributed by atoms with Gasteiger partial charge in [-0.2, -0.15) is 0 Å². The predicted octanol–water partition coefficient (Wildman–Crippen LogP) is 3.77. The maximum atomic E-state index is 11.7. The van der Waals surface area contributed by atoms with Gasteiger partial charge in [-0.25, -0.2) is 0 Å². The zero-order valence-electron chi connectivity index (χ0n) is 10.6. The quantitative estimate of drug-likeness (QED) is 0.757. The molecule has 0 atom stereocenters. The molecule has 1 N–H and O–H groups in total. The molecule has 20 heavy (non-hydrogen) atoms. The molecule has 0 spiro atoms. The summed E-state index contributed by atoms with van der Waals surface area (Å²) in [5, 5.41) is 10.9. The Kier molecular flexibility index (Phi) is 6.63. The van der Waals surface area contributed by atoms with Gasteiger partial charge in [0.2, 0.25) is 5.91 Å². The number of aromatic nitrogens is 2. The van der Waals surface area contributed by atoms with Crippen LogP contribution >= 0.6 is 57.8 Å². The lowest BCUT2D eigenvalue weighted by molar-refractivity contribution is -0.118. The lowest BCUT2D eigenvalue weighted by Gasteiger charge is -2.01. The molecule has 108 valence electrons. The maximum absolute atomic E-state index is 11.7. The van der Waals surface area contributed by atoms with E-state index in [2.05, 4.69) is 22.4 Å². The summed E-state index contributed by atoms with van der Waals surface area (Å²) in [7, 11) is 0. The van der Waals surface area contributed by atoms with E-state index in [-0.39, 0.29) is 5.91 Å². The van der Waals surface area contributed by atoms with Crippen molar-refractivity contribution in [2.75, 3.05) is 11.5 Å². The molecule has 0 aliphatic rings. The van der Waals surface area contributed by atoms with E-state index in [4.69, 9.17) is 11.6 Å². The summed E-state index contributed by atoms with van der Waals surface area (Å²) in [6.07, 6.45) is 0. The van der Waals surface area contributed by atoms with E-state index in [1.165, 1.54) is 34.4 Å². The summed E-state index contributed by atoms with van der Waals surface area (Å²) in [4.78, 5) is 12.8. The number of nitrogens with one attached hydrogen (secondary N) is 1. The van der Waals surface area contributed by atoms with Gasteiger partial charge in [0.05, 0.1) is 16.6 Å². The van der Waals surface area contributed by atoms with E-state index in [1.807, 2.05) is 12.1 Å². The normalized spacial score (nSPS) is 10.7. The van der Waals surface area contributed by atoms with Crippen molar-refractivity contribution < 1.29 is 4.79 Å². The van der Waals surface area contributed by atoms with Crippen LogP contribution in [0.1, 0.15) is 11.8 Å². The summed E-state index contributed by atoms with van der Waals surface area (Å²) in [6, 6.07) is 3.75. The lowest BCUT2D eigenvalue weighted by Crippen LogP contribution is -2.24. The number of carbonyl (C=O) groups is 1. The molecule has 0 bridgehead atoms. The Hall–Kier alpha value is -0.280. The fourth-order valence-electron chi connectivity index (χ4n) is 1.25. The first-order valence-corrected chi connectivity index (χ1v) is 9.75. The second-order valence-corrected chi connectivity index (χ2v) is 9.05. The minimum atomic E-state index is -0.0144. The Bertz CT molecular complexity index is 572. The van der Waals surface area contributed by atoms with Crippen molar-refractivity contribution in [3.05, 3.63) is 21.3 Å². The second kappa shape index (κ2) is 8.23. The highest BCUT2D eigenvalue weighted by atomic mass is 35.5. The molecule has 1 amide bonds. The highest BCUT2D eigenvalue weighted by Gasteiger charge is 2.08. The van der Waals surface area contributed by atoms with Crippen LogP contribution in [-0.2, 0) is 11.3 Å². The number of rotatable bonds is 7. The molecule has 2 aromatic heterocycles. The van der Waals surface area contributed by atoms with E-state index < -0.39 is 0 Å². The number of thioether (sulfide) groups is 2. The zero-order chi connectivity index (χ0) is 14.4. The molecule has 0 unspecified atom stereocenters. The largest absolute Gasteiger partial charge is 0.350 e. The van der Waals surface area contributed by atoms with Crippen molar-refractivity contribution >= 4 is 63.7 Å². The molecule has 0 saturated heterocycles. The van der Waals surface area contributed by atoms with Crippen LogP contribution in [0, 0.1) is 0 Å². The smallest absolute Gasteiger partial charge is 0.230 e. The molecule has 0 aliphatic heterocycles. The summed E-state index contributed by atoms with van der Waals surface area (Å²) < 4.78 is 2.51. The van der Waals surface area contributed by atoms with Gasteiger partial charge < -0.3 is 5.32 Å². The van der Waals surface area contributed by atoms with Crippen molar-refractivity contribution in [3.63, 3.8) is 0 Å². The number of nitrogens with zero attached hydrogens (tertiary/aromatic N) is 2. The van der Waals surface area contributed by atoms with Gasteiger partial charge in [-0.3, -0.25) is 4.79 Å². The van der Waals surface area contributed by atoms with Gasteiger partial charge in [0.1, 0.15) is 0 Å². The number of halogens is 1. The van der Waals surface area contributed by atoms with Crippen molar-refractivity contribution in [3.8, 4) is 0 Å². The lowest BCUT2D eigenvalue weighted by atomic mass is 10.4. The fourth-order valence-corrected chi connectivity index (χ4v) is 5.02. The Morgan fingerprint density at radius 2 is 2.05 bits per heavy atom. The third-order valence-electron chi connectivity index (χ3n) is 2.07. The molecular weight excluding hydrogens is 354 g/mol. The first-order chi connectivity index (χ1) is 9.67. The molecule has 4 nitrogen and oxygen atoms in total. The minimum absolute atomic E-state index is 0.0144. The Morgan fingerprint density at radius 3 is 2.70 bits per heavy atom. The number of hydrogen-bond donors (Lipinski definition) is 1. The highest BCUT2D eigenvalue weighted by Crippen LogP contribution is 2.28. The van der Waals surface area contributed by atoms with Gasteiger partial charge in [-0.15, -0.1) is 21.5 Å². The first kappa shape index (κ1) is 16.1. The molecule has 2 rings (SSSR count). The van der Waals surface area contributed by atoms with E-state index in [0.29, 0.717) is 12.3 Å². The van der Waals surface area contributed by atoms with Crippen LogP contribution in [0.5, 0.6) is 0 Å². The molecule has 2 heterocycles. The Morgan fingerprint density at radius 1 is 1.30 bits per heavy atom. The van der Waals surface area contributed by atoms with Gasteiger partial charge in [-0.1, -0.05) is 53.4 Å². The summed E-state index contributed by atoms with van der Waals surface area (Å²) in [5.74, 6) is 1.31. The molecular formula is C11H12ClN3OS4. The van der Waals surface area contributed by atoms with Gasteiger partial charge in [0.15, 0.2) is 8.68 Å². The fraction of sp³-hybridized carbons (Fsp3) is 0.364. The number of carbonyl (C=O) groups excluding carboxylic acids is 1. The average molecular weight is 366 g/mol. The van der Waals surface area contributed by atoms with Gasteiger partial charge in [0.25, 0.3) is 0 Å². The first-order valence-electron chi connectivity index (χ1n) is 5.77. The predicted molar refractivity (Wildman–Crippen MR) is 88.2 cm³/mol. The topological polar surface area (TPSA) is 54.9 Å². The number of hydrogen-bond acceptors (Lipinski definition) is 7. The molecule has 0 saturated carbocycles. The molecule has 0 aliphatic carbocycles. The Balaban J connectivity index is 1.71. The van der Waals surface area contributed by atoms with Crippen LogP contribution < -0.4 is 5.32 Å². The molecule has 0 fully saturated rings. The van der Waals surface area contributed by atoms with Gasteiger partial charge in [-0.05, 0) is 17.9 Å². The SMILES string of the molecule is CCSc1nnc(SCC(=O)NCc2ccc(Cl)s2)s1. The van der Waals surface area contributed by atoms with Gasteiger partial charge >= 0.3 is 0 Å². The van der Waals surface area contributed by atoms with Crippen molar-refractivity contribution in [2.45, 2.75) is 22.1 Å². The molecule has 0 aromatic carbocycles. The van der Waals surface area contributed by atoms with E-state index in [0.717, 1.165) is 23.6 Å². The van der Waals surface area contributed by atoms with Crippen molar-refractivity contribution in [1.82, 2.24) is 15.5 Å². The minimum Gasteiger partial charge on any atom is -0.350 e. The molecule has 9 heteroatoms.